The number of hydrogen-bond donors (Lipinski definition) is 2. The summed E-state index contributed by atoms with van der Waals surface area (Å²) in [6.07, 6.45) is 1.56. The standard InChI is InChI=1S/C16H22N2O5/c1-21-13-9-11(16(20)23-3)8-12(14(13)22-2)18-15(19)10-4-6-17-7-5-10/h8-10,17H,4-7H2,1-3H3,(H,18,19). The molecule has 2 N–H and O–H groups in total. The zero-order valence-electron chi connectivity index (χ0n) is 13.6. The summed E-state index contributed by atoms with van der Waals surface area (Å²) in [6, 6.07) is 3.05. The van der Waals surface area contributed by atoms with Gasteiger partial charge in [-0.1, -0.05) is 0 Å². The van der Waals surface area contributed by atoms with Crippen LogP contribution >= 0.6 is 0 Å². The van der Waals surface area contributed by atoms with Crippen LogP contribution in [0.1, 0.15) is 23.2 Å². The molecule has 23 heavy (non-hydrogen) atoms. The van der Waals surface area contributed by atoms with E-state index in [0.717, 1.165) is 25.9 Å². The third kappa shape index (κ3) is 3.92. The Labute approximate surface area is 135 Å². The third-order valence-corrected chi connectivity index (χ3v) is 3.87. The van der Waals surface area contributed by atoms with Crippen molar-refractivity contribution in [3.8, 4) is 11.5 Å². The van der Waals surface area contributed by atoms with Crippen LogP contribution in [-0.4, -0.2) is 46.3 Å². The molecule has 0 saturated carbocycles. The Balaban J connectivity index is 2.30. The van der Waals surface area contributed by atoms with E-state index in [2.05, 4.69) is 10.6 Å². The van der Waals surface area contributed by atoms with E-state index in [0.29, 0.717) is 17.2 Å². The number of amides is 1. The Morgan fingerprint density at radius 1 is 1.13 bits per heavy atom. The molecule has 0 aliphatic carbocycles. The predicted octanol–water partition coefficient (Wildman–Crippen LogP) is 1.43. The monoisotopic (exact) mass is 322 g/mol. The summed E-state index contributed by atoms with van der Waals surface area (Å²) in [5.74, 6) is 0.0735. The van der Waals surface area contributed by atoms with Gasteiger partial charge in [0, 0.05) is 5.92 Å². The topological polar surface area (TPSA) is 85.9 Å². The fraction of sp³-hybridized carbons (Fsp3) is 0.500. The van der Waals surface area contributed by atoms with Gasteiger partial charge in [0.15, 0.2) is 11.5 Å². The van der Waals surface area contributed by atoms with Crippen LogP contribution in [0.4, 0.5) is 5.69 Å². The van der Waals surface area contributed by atoms with Gasteiger partial charge in [-0.3, -0.25) is 4.79 Å². The SMILES string of the molecule is COC(=O)c1cc(NC(=O)C2CCNCC2)c(OC)c(OC)c1. The highest BCUT2D eigenvalue weighted by molar-refractivity contribution is 5.98. The van der Waals surface area contributed by atoms with Crippen LogP contribution in [0.3, 0.4) is 0 Å². The molecule has 1 aliphatic heterocycles. The van der Waals surface area contributed by atoms with Gasteiger partial charge in [0.25, 0.3) is 0 Å². The maximum atomic E-state index is 12.4. The Morgan fingerprint density at radius 2 is 1.83 bits per heavy atom. The summed E-state index contributed by atoms with van der Waals surface area (Å²) in [5.41, 5.74) is 0.682. The summed E-state index contributed by atoms with van der Waals surface area (Å²) in [7, 11) is 4.25. The Bertz CT molecular complexity index is 582. The average Bonchev–Trinajstić information content (AvgIpc) is 2.60. The van der Waals surface area contributed by atoms with E-state index in [1.54, 1.807) is 0 Å². The molecule has 2 rings (SSSR count). The number of benzene rings is 1. The molecule has 0 bridgehead atoms. The Morgan fingerprint density at radius 3 is 2.39 bits per heavy atom. The van der Waals surface area contributed by atoms with Crippen molar-refractivity contribution >= 4 is 17.6 Å². The largest absolute Gasteiger partial charge is 0.493 e. The van der Waals surface area contributed by atoms with Gasteiger partial charge in [-0.2, -0.15) is 0 Å². The van der Waals surface area contributed by atoms with Crippen LogP contribution in [0.25, 0.3) is 0 Å². The number of methoxy groups -OCH3 is 3. The fourth-order valence-corrected chi connectivity index (χ4v) is 2.61. The van der Waals surface area contributed by atoms with Gasteiger partial charge in [0.05, 0.1) is 32.6 Å². The van der Waals surface area contributed by atoms with Gasteiger partial charge < -0.3 is 24.8 Å². The van der Waals surface area contributed by atoms with Gasteiger partial charge in [-0.25, -0.2) is 4.79 Å². The van der Waals surface area contributed by atoms with Crippen molar-refractivity contribution < 1.29 is 23.8 Å². The quantitative estimate of drug-likeness (QED) is 0.798. The first-order valence-corrected chi connectivity index (χ1v) is 7.46. The van der Waals surface area contributed by atoms with Crippen molar-refractivity contribution in [2.75, 3.05) is 39.7 Å². The van der Waals surface area contributed by atoms with E-state index in [-0.39, 0.29) is 17.4 Å². The molecular weight excluding hydrogens is 300 g/mol. The maximum absolute atomic E-state index is 12.4. The number of piperidine rings is 1. The first-order valence-electron chi connectivity index (χ1n) is 7.46. The van der Waals surface area contributed by atoms with Crippen LogP contribution < -0.4 is 20.1 Å². The molecule has 7 heteroatoms. The zero-order valence-corrected chi connectivity index (χ0v) is 13.6. The number of carbonyl (C=O) groups excluding carboxylic acids is 2. The lowest BCUT2D eigenvalue weighted by atomic mass is 9.97. The predicted molar refractivity (Wildman–Crippen MR) is 85.1 cm³/mol. The minimum absolute atomic E-state index is 0.0614. The highest BCUT2D eigenvalue weighted by Gasteiger charge is 2.24. The van der Waals surface area contributed by atoms with Crippen LogP contribution in [0.5, 0.6) is 11.5 Å². The first-order chi connectivity index (χ1) is 11.1. The zero-order chi connectivity index (χ0) is 16.8. The van der Waals surface area contributed by atoms with E-state index in [9.17, 15) is 9.59 Å². The van der Waals surface area contributed by atoms with E-state index in [1.807, 2.05) is 0 Å². The van der Waals surface area contributed by atoms with Crippen molar-refractivity contribution in [3.05, 3.63) is 17.7 Å². The van der Waals surface area contributed by atoms with Crippen LogP contribution in [0.2, 0.25) is 0 Å². The van der Waals surface area contributed by atoms with Crippen LogP contribution in [0, 0.1) is 5.92 Å². The average molecular weight is 322 g/mol. The molecule has 0 spiro atoms. The molecular formula is C16H22N2O5. The summed E-state index contributed by atoms with van der Waals surface area (Å²) >= 11 is 0. The molecule has 1 aliphatic rings. The molecule has 0 radical (unpaired) electrons. The normalized spacial score (nSPS) is 14.9. The molecule has 0 atom stereocenters. The first kappa shape index (κ1) is 17.1. The second kappa shape index (κ2) is 7.82. The fourth-order valence-electron chi connectivity index (χ4n) is 2.61. The van der Waals surface area contributed by atoms with E-state index in [4.69, 9.17) is 14.2 Å². The Hall–Kier alpha value is -2.28. The molecule has 0 aromatic heterocycles. The molecule has 1 aromatic rings. The lowest BCUT2D eigenvalue weighted by Gasteiger charge is -2.23. The van der Waals surface area contributed by atoms with Gasteiger partial charge in [-0.05, 0) is 38.1 Å². The minimum Gasteiger partial charge on any atom is -0.493 e. The molecule has 126 valence electrons. The number of carbonyl (C=O) groups is 2. The summed E-state index contributed by atoms with van der Waals surface area (Å²) < 4.78 is 15.3. The van der Waals surface area contributed by atoms with Crippen LogP contribution in [-0.2, 0) is 9.53 Å². The van der Waals surface area contributed by atoms with Gasteiger partial charge in [-0.15, -0.1) is 0 Å². The smallest absolute Gasteiger partial charge is 0.338 e. The van der Waals surface area contributed by atoms with E-state index < -0.39 is 5.97 Å². The molecule has 7 nitrogen and oxygen atoms in total. The van der Waals surface area contributed by atoms with Gasteiger partial charge in [0.1, 0.15) is 0 Å². The van der Waals surface area contributed by atoms with Crippen molar-refractivity contribution in [2.45, 2.75) is 12.8 Å². The van der Waals surface area contributed by atoms with Crippen LogP contribution in [0.15, 0.2) is 12.1 Å². The second-order valence-electron chi connectivity index (χ2n) is 5.26. The van der Waals surface area contributed by atoms with E-state index in [1.165, 1.54) is 33.5 Å². The highest BCUT2D eigenvalue weighted by atomic mass is 16.5. The number of rotatable bonds is 5. The molecule has 1 saturated heterocycles. The lowest BCUT2D eigenvalue weighted by molar-refractivity contribution is -0.120. The Kier molecular flexibility index (Phi) is 5.81. The lowest BCUT2D eigenvalue weighted by Crippen LogP contribution is -2.34. The molecule has 1 aromatic carbocycles. The van der Waals surface area contributed by atoms with Crippen molar-refractivity contribution in [3.63, 3.8) is 0 Å². The van der Waals surface area contributed by atoms with Gasteiger partial charge in [0.2, 0.25) is 5.91 Å². The second-order valence-corrected chi connectivity index (χ2v) is 5.26. The summed E-state index contributed by atoms with van der Waals surface area (Å²) in [6.45, 7) is 1.64. The minimum atomic E-state index is -0.511. The summed E-state index contributed by atoms with van der Waals surface area (Å²) in [5, 5.41) is 6.07. The number of anilines is 1. The van der Waals surface area contributed by atoms with Crippen molar-refractivity contribution in [2.24, 2.45) is 5.92 Å². The molecule has 1 heterocycles. The number of esters is 1. The van der Waals surface area contributed by atoms with Crippen molar-refractivity contribution in [1.82, 2.24) is 5.32 Å². The summed E-state index contributed by atoms with van der Waals surface area (Å²) in [4.78, 5) is 24.2. The molecule has 1 amide bonds. The number of hydrogen-bond acceptors (Lipinski definition) is 6. The molecule has 0 unspecified atom stereocenters. The van der Waals surface area contributed by atoms with Gasteiger partial charge >= 0.3 is 5.97 Å². The molecule has 1 fully saturated rings. The number of nitrogens with one attached hydrogen (secondary N) is 2. The highest BCUT2D eigenvalue weighted by Crippen LogP contribution is 2.37. The maximum Gasteiger partial charge on any atom is 0.338 e. The van der Waals surface area contributed by atoms with E-state index >= 15 is 0 Å². The number of ether oxygens (including phenoxy) is 3. The third-order valence-electron chi connectivity index (χ3n) is 3.87. The van der Waals surface area contributed by atoms with Crippen molar-refractivity contribution in [1.29, 1.82) is 0 Å².